The fourth-order valence-electron chi connectivity index (χ4n) is 6.74. The lowest BCUT2D eigenvalue weighted by Crippen LogP contribution is -2.57. The highest BCUT2D eigenvalue weighted by Gasteiger charge is 2.37. The van der Waals surface area contributed by atoms with Gasteiger partial charge in [0.25, 0.3) is 11.8 Å². The molecule has 0 radical (unpaired) electrons. The van der Waals surface area contributed by atoms with Crippen molar-refractivity contribution in [2.45, 2.75) is 96.3 Å². The number of H-pyrrole nitrogens is 1. The molecule has 4 heterocycles. The van der Waals surface area contributed by atoms with Gasteiger partial charge in [0.15, 0.2) is 0 Å². The number of hydrogen-bond donors (Lipinski definition) is 13. The summed E-state index contributed by atoms with van der Waals surface area (Å²) in [5, 5.41) is 43.8. The van der Waals surface area contributed by atoms with Gasteiger partial charge in [-0.15, -0.1) is 22.7 Å². The number of rotatable bonds is 28. The van der Waals surface area contributed by atoms with Gasteiger partial charge in [0, 0.05) is 55.2 Å². The van der Waals surface area contributed by atoms with Crippen LogP contribution >= 0.6 is 22.7 Å². The van der Waals surface area contributed by atoms with Gasteiger partial charge in [-0.2, -0.15) is 0 Å². The normalized spacial score (nSPS) is 14.9. The summed E-state index contributed by atoms with van der Waals surface area (Å²) >= 11 is 2.70. The number of aliphatic hydroxyl groups excluding tert-OH is 2. The van der Waals surface area contributed by atoms with Crippen molar-refractivity contribution in [1.29, 1.82) is 0 Å². The van der Waals surface area contributed by atoms with Crippen LogP contribution in [0.15, 0.2) is 23.3 Å². The minimum absolute atomic E-state index is 0.0245. The van der Waals surface area contributed by atoms with Crippen LogP contribution in [0.5, 0.6) is 0 Å². The molecular weight excluding hydrogens is 981 g/mol. The number of primary amides is 2. The van der Waals surface area contributed by atoms with E-state index in [0.717, 1.165) is 17.2 Å². The number of amides is 7. The predicted molar refractivity (Wildman–Crippen MR) is 268 cm³/mol. The zero-order chi connectivity index (χ0) is 52.7. The Morgan fingerprint density at radius 3 is 2.20 bits per heavy atom. The first-order chi connectivity index (χ1) is 33.5. The van der Waals surface area contributed by atoms with Crippen LogP contribution in [0, 0.1) is 18.8 Å². The number of hydrogen-bond acceptors (Lipinski definition) is 19. The standard InChI is InChI=1S/C43H64N16O9S3/c1-19(2)30(40(66)50-11-9-29-54-27(17-69-29)43-55-26(16-70-43)39(65)49-10-8-12-71(6)7)57-38(64)21(4)33(61)22(5)53-42(68)32(34(62)25-15-48-18-52-25)58-41(67)31-20(3)35(46)59-37(56-31)24(13-28(45)60)51-14-23(44)36(47)63/h15-19,21-24,30,32-34,51,61-62H,8-14,44H2,1-7H3,(H11-,45,46,47,48,49,50,52,53,56,57,58,59,60,63,64,65,66,67,68)/p+1/t21-,22+,23-,24-,30-,32-,33-,34-/m0/s1. The van der Waals surface area contributed by atoms with Gasteiger partial charge in [0.1, 0.15) is 57.7 Å². The quantitative estimate of drug-likeness (QED) is 0.0212. The number of nitrogen functional groups attached to an aromatic ring is 1. The van der Waals surface area contributed by atoms with E-state index in [1.165, 1.54) is 56.0 Å². The van der Waals surface area contributed by atoms with E-state index in [9.17, 15) is 43.8 Å². The number of nitrogens with two attached hydrogens (primary N) is 4. The number of thiazole rings is 2. The summed E-state index contributed by atoms with van der Waals surface area (Å²) in [5.74, 6) is -5.94. The molecule has 25 nitrogen and oxygen atoms in total. The molecule has 4 rings (SSSR count). The van der Waals surface area contributed by atoms with Crippen LogP contribution < -0.4 is 54.8 Å². The molecule has 0 bridgehead atoms. The Morgan fingerprint density at radius 1 is 0.845 bits per heavy atom. The number of nitrogens with zero attached hydrogens (tertiary/aromatic N) is 5. The van der Waals surface area contributed by atoms with Gasteiger partial charge in [0.05, 0.1) is 65.9 Å². The predicted octanol–water partition coefficient (Wildman–Crippen LogP) is -2.18. The van der Waals surface area contributed by atoms with Crippen molar-refractivity contribution in [3.8, 4) is 10.7 Å². The Hall–Kier alpha value is -6.17. The molecule has 388 valence electrons. The smallest absolute Gasteiger partial charge is 0.271 e. The Kier molecular flexibility index (Phi) is 21.7. The largest absolute Gasteiger partial charge is 0.390 e. The average Bonchev–Trinajstić information content (AvgIpc) is 4.13. The molecule has 7 amide bonds. The van der Waals surface area contributed by atoms with Crippen LogP contribution in [0.4, 0.5) is 5.82 Å². The van der Waals surface area contributed by atoms with E-state index in [-0.39, 0.29) is 53.5 Å². The molecule has 0 aliphatic heterocycles. The number of aromatic nitrogens is 6. The van der Waals surface area contributed by atoms with Crippen molar-refractivity contribution < 1.29 is 43.8 Å². The molecule has 0 aromatic carbocycles. The van der Waals surface area contributed by atoms with Gasteiger partial charge in [-0.25, -0.2) is 24.9 Å². The lowest BCUT2D eigenvalue weighted by atomic mass is 9.95. The topological polar surface area (TPSA) is 416 Å². The zero-order valence-electron chi connectivity index (χ0n) is 40.5. The number of nitrogens with one attached hydrogen (secondary N) is 7. The molecule has 0 aliphatic carbocycles. The molecule has 0 fully saturated rings. The number of carbonyl (C=O) groups is 7. The molecule has 0 spiro atoms. The summed E-state index contributed by atoms with van der Waals surface area (Å²) in [4.78, 5) is 115. The van der Waals surface area contributed by atoms with Gasteiger partial charge in [0.2, 0.25) is 29.5 Å². The van der Waals surface area contributed by atoms with Gasteiger partial charge < -0.3 is 70.0 Å². The zero-order valence-corrected chi connectivity index (χ0v) is 42.9. The fourth-order valence-corrected chi connectivity index (χ4v) is 9.08. The second-order valence-corrected chi connectivity index (χ2v) is 21.5. The van der Waals surface area contributed by atoms with E-state index in [4.69, 9.17) is 22.9 Å². The first kappa shape index (κ1) is 57.4. The summed E-state index contributed by atoms with van der Waals surface area (Å²) < 4.78 is 0. The van der Waals surface area contributed by atoms with E-state index < -0.39 is 90.2 Å². The minimum atomic E-state index is -1.78. The SMILES string of the molecule is Cc1c(N)nc([C@H](CC(N)=O)NC[C@H](N)C(N)=O)nc1C(=O)N[C@H](C(=O)N[C@H](C)[C@@H](O)[C@H](C)C(=O)N[C@H](C(=O)NCCc1nc(-c2nc(C(=O)NCCC[S+](C)C)cs2)cs1)C(C)C)[C@@H](O)c1cnc[nH]1. The lowest BCUT2D eigenvalue weighted by Gasteiger charge is -2.30. The summed E-state index contributed by atoms with van der Waals surface area (Å²) in [7, 11) is 0.306. The highest BCUT2D eigenvalue weighted by molar-refractivity contribution is 7.95. The van der Waals surface area contributed by atoms with E-state index in [1.54, 1.807) is 19.2 Å². The van der Waals surface area contributed by atoms with Gasteiger partial charge in [-0.3, -0.25) is 33.6 Å². The molecule has 0 unspecified atom stereocenters. The number of anilines is 1. The Bertz CT molecular complexity index is 2470. The number of aliphatic hydroxyl groups is 2. The van der Waals surface area contributed by atoms with Crippen molar-refractivity contribution >= 4 is 80.7 Å². The van der Waals surface area contributed by atoms with Crippen LogP contribution in [0.3, 0.4) is 0 Å². The van der Waals surface area contributed by atoms with Crippen LogP contribution in [-0.4, -0.2) is 150 Å². The monoisotopic (exact) mass is 1050 g/mol. The minimum Gasteiger partial charge on any atom is -0.390 e. The number of aromatic amines is 1. The molecule has 0 saturated carbocycles. The second-order valence-electron chi connectivity index (χ2n) is 17.3. The summed E-state index contributed by atoms with van der Waals surface area (Å²) in [6.45, 7) is 8.27. The first-order valence-corrected chi connectivity index (χ1v) is 26.4. The van der Waals surface area contributed by atoms with E-state index in [2.05, 4.69) is 74.3 Å². The van der Waals surface area contributed by atoms with Gasteiger partial charge in [-0.05, 0) is 30.7 Å². The molecule has 28 heteroatoms. The summed E-state index contributed by atoms with van der Waals surface area (Å²) in [5.41, 5.74) is 23.3. The maximum absolute atomic E-state index is 13.9. The fraction of sp³-hybridized carbons (Fsp3) is 0.535. The molecule has 8 atom stereocenters. The molecule has 17 N–H and O–H groups in total. The number of carbonyl (C=O) groups excluding carboxylic acids is 7. The van der Waals surface area contributed by atoms with Crippen molar-refractivity contribution in [3.05, 3.63) is 56.8 Å². The maximum Gasteiger partial charge on any atom is 0.271 e. The van der Waals surface area contributed by atoms with Crippen molar-refractivity contribution in [3.63, 3.8) is 0 Å². The molecular formula is C43H65N16O9S3+. The van der Waals surface area contributed by atoms with Gasteiger partial charge >= 0.3 is 0 Å². The summed E-state index contributed by atoms with van der Waals surface area (Å²) in [6, 6.07) is -6.20. The molecule has 4 aromatic rings. The van der Waals surface area contributed by atoms with Crippen LogP contribution in [0.25, 0.3) is 10.7 Å². The second kappa shape index (κ2) is 26.9. The highest BCUT2D eigenvalue weighted by atomic mass is 32.2. The van der Waals surface area contributed by atoms with Crippen molar-refractivity contribution in [2.75, 3.05) is 43.6 Å². The van der Waals surface area contributed by atoms with E-state index >= 15 is 0 Å². The molecule has 4 aromatic heterocycles. The van der Waals surface area contributed by atoms with Crippen LogP contribution in [-0.2, 0) is 41.3 Å². The van der Waals surface area contributed by atoms with Crippen LogP contribution in [0.1, 0.15) is 95.7 Å². The van der Waals surface area contributed by atoms with E-state index in [1.807, 2.05) is 5.38 Å². The Labute approximate surface area is 421 Å². The lowest BCUT2D eigenvalue weighted by molar-refractivity contribution is -0.135. The Balaban J connectivity index is 1.38. The van der Waals surface area contributed by atoms with Crippen molar-refractivity contribution in [2.24, 2.45) is 29.0 Å². The maximum atomic E-state index is 13.9. The third kappa shape index (κ3) is 16.7. The molecule has 0 aliphatic rings. The number of imidazole rings is 1. The highest BCUT2D eigenvalue weighted by Crippen LogP contribution is 2.26. The first-order valence-electron chi connectivity index (χ1n) is 22.5. The van der Waals surface area contributed by atoms with Crippen molar-refractivity contribution in [1.82, 2.24) is 61.8 Å². The summed E-state index contributed by atoms with van der Waals surface area (Å²) in [6.07, 6.45) is 4.35. The molecule has 0 saturated heterocycles. The van der Waals surface area contributed by atoms with Gasteiger partial charge in [-0.1, -0.05) is 20.8 Å². The average molecular weight is 1050 g/mol. The third-order valence-electron chi connectivity index (χ3n) is 11.0. The van der Waals surface area contributed by atoms with Crippen LogP contribution in [0.2, 0.25) is 0 Å². The van der Waals surface area contributed by atoms with E-state index in [0.29, 0.717) is 40.3 Å². The third-order valence-corrected chi connectivity index (χ3v) is 13.9. The molecule has 71 heavy (non-hydrogen) atoms. The Morgan fingerprint density at radius 2 is 1.56 bits per heavy atom.